The molecule has 0 unspecified atom stereocenters. The zero-order chi connectivity index (χ0) is 15.8. The topological polar surface area (TPSA) is 29.5 Å². The molecule has 22 heavy (non-hydrogen) atoms. The first-order valence-corrected chi connectivity index (χ1v) is 7.74. The Hall–Kier alpha value is -1.87. The van der Waals surface area contributed by atoms with Crippen molar-refractivity contribution in [3.8, 4) is 5.75 Å². The van der Waals surface area contributed by atoms with E-state index in [0.29, 0.717) is 11.1 Å². The van der Waals surface area contributed by atoms with Gasteiger partial charge in [0.2, 0.25) is 0 Å². The molecule has 0 spiro atoms. The number of aryl methyl sites for hydroxylation is 2. The summed E-state index contributed by atoms with van der Waals surface area (Å²) >= 11 is 0. The molecule has 118 valence electrons. The Morgan fingerprint density at radius 3 is 2.45 bits per heavy atom. The lowest BCUT2D eigenvalue weighted by atomic mass is 10.0. The van der Waals surface area contributed by atoms with Crippen LogP contribution >= 0.6 is 0 Å². The summed E-state index contributed by atoms with van der Waals surface area (Å²) in [7, 11) is 1.67. The number of unbranched alkanes of at least 4 members (excludes halogenated alkanes) is 2. The summed E-state index contributed by atoms with van der Waals surface area (Å²) in [5.41, 5.74) is 2.36. The van der Waals surface area contributed by atoms with E-state index in [4.69, 9.17) is 9.84 Å². The van der Waals surface area contributed by atoms with Crippen LogP contribution in [0, 0.1) is 5.82 Å². The van der Waals surface area contributed by atoms with Crippen molar-refractivity contribution in [2.45, 2.75) is 38.7 Å². The van der Waals surface area contributed by atoms with Crippen molar-refractivity contribution in [2.75, 3.05) is 7.11 Å². The van der Waals surface area contributed by atoms with Gasteiger partial charge in [-0.3, -0.25) is 0 Å². The Labute approximate surface area is 131 Å². The van der Waals surface area contributed by atoms with Crippen molar-refractivity contribution in [1.82, 2.24) is 0 Å². The van der Waals surface area contributed by atoms with Crippen LogP contribution in [0.3, 0.4) is 0 Å². The molecule has 0 amide bonds. The SMILES string of the molecule is COc1cccc(CCCCCc2cccc(CO)c2F)c1. The minimum atomic E-state index is -0.252. The molecule has 2 aromatic carbocycles. The second-order valence-electron chi connectivity index (χ2n) is 5.46. The number of aliphatic hydroxyl groups excluding tert-OH is 1. The second kappa shape index (κ2) is 8.54. The molecule has 0 saturated carbocycles. The first kappa shape index (κ1) is 16.5. The zero-order valence-corrected chi connectivity index (χ0v) is 13.0. The lowest BCUT2D eigenvalue weighted by molar-refractivity contribution is 0.275. The van der Waals surface area contributed by atoms with Crippen LogP contribution in [0.15, 0.2) is 42.5 Å². The van der Waals surface area contributed by atoms with Gasteiger partial charge in [0.05, 0.1) is 13.7 Å². The molecule has 0 aliphatic heterocycles. The third kappa shape index (κ3) is 4.57. The van der Waals surface area contributed by atoms with Crippen molar-refractivity contribution in [1.29, 1.82) is 0 Å². The fraction of sp³-hybridized carbons (Fsp3) is 0.368. The van der Waals surface area contributed by atoms with Gasteiger partial charge in [-0.15, -0.1) is 0 Å². The van der Waals surface area contributed by atoms with Gasteiger partial charge in [0, 0.05) is 5.56 Å². The minimum absolute atomic E-state index is 0.241. The Morgan fingerprint density at radius 2 is 1.68 bits per heavy atom. The number of rotatable bonds is 8. The first-order chi connectivity index (χ1) is 10.7. The number of benzene rings is 2. The molecule has 0 aromatic heterocycles. The van der Waals surface area contributed by atoms with E-state index >= 15 is 0 Å². The molecule has 2 rings (SSSR count). The summed E-state index contributed by atoms with van der Waals surface area (Å²) in [6.07, 6.45) is 4.82. The number of hydrogen-bond acceptors (Lipinski definition) is 2. The zero-order valence-electron chi connectivity index (χ0n) is 13.0. The van der Waals surface area contributed by atoms with Gasteiger partial charge in [-0.1, -0.05) is 36.8 Å². The van der Waals surface area contributed by atoms with Gasteiger partial charge in [-0.25, -0.2) is 4.39 Å². The van der Waals surface area contributed by atoms with Gasteiger partial charge in [0.1, 0.15) is 11.6 Å². The van der Waals surface area contributed by atoms with Gasteiger partial charge < -0.3 is 9.84 Å². The highest BCUT2D eigenvalue weighted by Crippen LogP contribution is 2.18. The van der Waals surface area contributed by atoms with Gasteiger partial charge in [0.25, 0.3) is 0 Å². The van der Waals surface area contributed by atoms with E-state index in [1.807, 2.05) is 12.1 Å². The molecule has 1 N–H and O–H groups in total. The van der Waals surface area contributed by atoms with E-state index < -0.39 is 0 Å². The fourth-order valence-electron chi connectivity index (χ4n) is 2.60. The van der Waals surface area contributed by atoms with E-state index in [2.05, 4.69) is 12.1 Å². The van der Waals surface area contributed by atoms with Crippen molar-refractivity contribution in [3.05, 3.63) is 65.0 Å². The molecule has 0 radical (unpaired) electrons. The highest BCUT2D eigenvalue weighted by atomic mass is 19.1. The molecule has 0 fully saturated rings. The van der Waals surface area contributed by atoms with Gasteiger partial charge in [0.15, 0.2) is 0 Å². The van der Waals surface area contributed by atoms with E-state index in [1.54, 1.807) is 25.3 Å². The van der Waals surface area contributed by atoms with Crippen molar-refractivity contribution < 1.29 is 14.2 Å². The van der Waals surface area contributed by atoms with Gasteiger partial charge >= 0.3 is 0 Å². The minimum Gasteiger partial charge on any atom is -0.497 e. The molecule has 3 heteroatoms. The molecular formula is C19H23FO2. The monoisotopic (exact) mass is 302 g/mol. The molecule has 0 bridgehead atoms. The molecule has 2 nitrogen and oxygen atoms in total. The number of hydrogen-bond donors (Lipinski definition) is 1. The number of methoxy groups -OCH3 is 1. The third-order valence-corrected chi connectivity index (χ3v) is 3.87. The van der Waals surface area contributed by atoms with Crippen LogP contribution in [0.5, 0.6) is 5.75 Å². The average Bonchev–Trinajstić information content (AvgIpc) is 2.56. The average molecular weight is 302 g/mol. The number of aliphatic hydroxyl groups is 1. The van der Waals surface area contributed by atoms with Crippen LogP contribution in [0.4, 0.5) is 4.39 Å². The van der Waals surface area contributed by atoms with Crippen LogP contribution in [0.25, 0.3) is 0 Å². The maximum absolute atomic E-state index is 14.0. The molecule has 0 aliphatic carbocycles. The van der Waals surface area contributed by atoms with E-state index in [1.165, 1.54) is 5.56 Å². The summed E-state index contributed by atoms with van der Waals surface area (Å²) in [6.45, 7) is -0.241. The summed E-state index contributed by atoms with van der Waals surface area (Å²) in [5, 5.41) is 9.07. The summed E-state index contributed by atoms with van der Waals surface area (Å²) in [5.74, 6) is 0.637. The molecule has 0 heterocycles. The van der Waals surface area contributed by atoms with Crippen LogP contribution < -0.4 is 4.74 Å². The lowest BCUT2D eigenvalue weighted by Gasteiger charge is -2.07. The molecule has 0 saturated heterocycles. The Bertz CT molecular complexity index is 596. The quantitative estimate of drug-likeness (QED) is 0.737. The lowest BCUT2D eigenvalue weighted by Crippen LogP contribution is -1.97. The smallest absolute Gasteiger partial charge is 0.131 e. The molecule has 0 atom stereocenters. The Kier molecular flexibility index (Phi) is 6.41. The highest BCUT2D eigenvalue weighted by molar-refractivity contribution is 5.28. The third-order valence-electron chi connectivity index (χ3n) is 3.87. The molecular weight excluding hydrogens is 279 g/mol. The van der Waals surface area contributed by atoms with Crippen molar-refractivity contribution in [3.63, 3.8) is 0 Å². The summed E-state index contributed by atoms with van der Waals surface area (Å²) < 4.78 is 19.2. The van der Waals surface area contributed by atoms with E-state index in [-0.39, 0.29) is 12.4 Å². The normalized spacial score (nSPS) is 10.7. The van der Waals surface area contributed by atoms with Crippen molar-refractivity contribution in [2.24, 2.45) is 0 Å². The maximum atomic E-state index is 14.0. The first-order valence-electron chi connectivity index (χ1n) is 7.74. The van der Waals surface area contributed by atoms with E-state index in [9.17, 15) is 4.39 Å². The van der Waals surface area contributed by atoms with Crippen LogP contribution in [-0.2, 0) is 19.4 Å². The predicted octanol–water partition coefficient (Wildman–Crippen LogP) is 4.28. The molecule has 2 aromatic rings. The predicted molar refractivity (Wildman–Crippen MR) is 86.6 cm³/mol. The summed E-state index contributed by atoms with van der Waals surface area (Å²) in [6, 6.07) is 13.3. The van der Waals surface area contributed by atoms with Gasteiger partial charge in [-0.05, 0) is 48.9 Å². The largest absolute Gasteiger partial charge is 0.497 e. The number of ether oxygens (including phenoxy) is 1. The second-order valence-corrected chi connectivity index (χ2v) is 5.46. The highest BCUT2D eigenvalue weighted by Gasteiger charge is 2.06. The standard InChI is InChI=1S/C19H23FO2/c1-22-18-12-5-8-15(13-18)7-3-2-4-9-16-10-6-11-17(14-21)19(16)20/h5-6,8,10-13,21H,2-4,7,9,14H2,1H3. The summed E-state index contributed by atoms with van der Waals surface area (Å²) in [4.78, 5) is 0. The van der Waals surface area contributed by atoms with Gasteiger partial charge in [-0.2, -0.15) is 0 Å². The number of halogens is 1. The molecule has 0 aliphatic rings. The van der Waals surface area contributed by atoms with Crippen LogP contribution in [0.2, 0.25) is 0 Å². The van der Waals surface area contributed by atoms with Crippen LogP contribution in [0.1, 0.15) is 36.0 Å². The Balaban J connectivity index is 1.75. The van der Waals surface area contributed by atoms with E-state index in [0.717, 1.165) is 37.9 Å². The van der Waals surface area contributed by atoms with Crippen molar-refractivity contribution >= 4 is 0 Å². The van der Waals surface area contributed by atoms with Crippen LogP contribution in [-0.4, -0.2) is 12.2 Å². The Morgan fingerprint density at radius 1 is 0.955 bits per heavy atom. The fourth-order valence-corrected chi connectivity index (χ4v) is 2.60. The maximum Gasteiger partial charge on any atom is 0.131 e.